The first-order valence-corrected chi connectivity index (χ1v) is 6.89. The van der Waals surface area contributed by atoms with Crippen molar-refractivity contribution in [1.29, 1.82) is 0 Å². The highest BCUT2D eigenvalue weighted by Gasteiger charge is 2.50. The van der Waals surface area contributed by atoms with Crippen molar-refractivity contribution < 1.29 is 24.2 Å². The average molecular weight is 306 g/mol. The summed E-state index contributed by atoms with van der Waals surface area (Å²) in [6, 6.07) is 6.57. The van der Waals surface area contributed by atoms with Crippen LogP contribution in [0, 0.1) is 5.41 Å². The lowest BCUT2D eigenvalue weighted by molar-refractivity contribution is -0.143. The third-order valence-electron chi connectivity index (χ3n) is 3.67. The smallest absolute Gasteiger partial charge is 0.311 e. The Morgan fingerprint density at radius 2 is 2.00 bits per heavy atom. The molecule has 0 radical (unpaired) electrons. The van der Waals surface area contributed by atoms with Gasteiger partial charge in [-0.15, -0.1) is 0 Å². The number of carbonyl (C=O) groups excluding carboxylic acids is 2. The SMILES string of the molecule is COc1cccc(C(=O)NCC(=O)NCC2(C(=O)O)CC2)c1. The predicted molar refractivity (Wildman–Crippen MR) is 77.6 cm³/mol. The Labute approximate surface area is 127 Å². The quantitative estimate of drug-likeness (QED) is 0.676. The van der Waals surface area contributed by atoms with Crippen molar-refractivity contribution in [2.24, 2.45) is 5.41 Å². The summed E-state index contributed by atoms with van der Waals surface area (Å²) in [5, 5.41) is 14.0. The average Bonchev–Trinajstić information content (AvgIpc) is 3.32. The Balaban J connectivity index is 1.78. The van der Waals surface area contributed by atoms with Crippen LogP contribution in [0.15, 0.2) is 24.3 Å². The Morgan fingerprint density at radius 1 is 1.27 bits per heavy atom. The molecule has 7 heteroatoms. The number of hydrogen-bond acceptors (Lipinski definition) is 4. The third kappa shape index (κ3) is 3.75. The van der Waals surface area contributed by atoms with E-state index in [-0.39, 0.29) is 13.1 Å². The summed E-state index contributed by atoms with van der Waals surface area (Å²) in [6.45, 7) is -0.109. The maximum Gasteiger partial charge on any atom is 0.311 e. The van der Waals surface area contributed by atoms with Gasteiger partial charge in [-0.25, -0.2) is 0 Å². The Morgan fingerprint density at radius 3 is 2.59 bits per heavy atom. The number of ether oxygens (including phenoxy) is 1. The fraction of sp³-hybridized carbons (Fsp3) is 0.400. The number of carboxylic acid groups (broad SMARTS) is 1. The number of carboxylic acids is 1. The van der Waals surface area contributed by atoms with E-state index in [0.29, 0.717) is 24.2 Å². The molecule has 1 saturated carbocycles. The lowest BCUT2D eigenvalue weighted by Gasteiger charge is -2.11. The maximum absolute atomic E-state index is 11.9. The Hall–Kier alpha value is -2.57. The third-order valence-corrected chi connectivity index (χ3v) is 3.67. The van der Waals surface area contributed by atoms with Gasteiger partial charge < -0.3 is 20.5 Å². The molecule has 3 N–H and O–H groups in total. The molecule has 1 aromatic carbocycles. The molecule has 1 fully saturated rings. The van der Waals surface area contributed by atoms with Crippen LogP contribution in [0.2, 0.25) is 0 Å². The van der Waals surface area contributed by atoms with Crippen LogP contribution in [0.25, 0.3) is 0 Å². The van der Waals surface area contributed by atoms with Crippen molar-refractivity contribution in [2.45, 2.75) is 12.8 Å². The van der Waals surface area contributed by atoms with Gasteiger partial charge in [-0.3, -0.25) is 14.4 Å². The zero-order valence-electron chi connectivity index (χ0n) is 12.2. The summed E-state index contributed by atoms with van der Waals surface area (Å²) >= 11 is 0. The first kappa shape index (κ1) is 15.8. The fourth-order valence-corrected chi connectivity index (χ4v) is 1.97. The van der Waals surface area contributed by atoms with Crippen LogP contribution in [0.5, 0.6) is 5.75 Å². The Bertz CT molecular complexity index is 595. The second kappa shape index (κ2) is 6.46. The van der Waals surface area contributed by atoms with Gasteiger partial charge in [0.15, 0.2) is 0 Å². The molecule has 22 heavy (non-hydrogen) atoms. The van der Waals surface area contributed by atoms with Crippen LogP contribution >= 0.6 is 0 Å². The molecule has 0 bridgehead atoms. The topological polar surface area (TPSA) is 105 Å². The molecule has 0 aliphatic heterocycles. The molecule has 1 aromatic rings. The van der Waals surface area contributed by atoms with E-state index in [4.69, 9.17) is 9.84 Å². The van der Waals surface area contributed by atoms with Crippen LogP contribution < -0.4 is 15.4 Å². The zero-order valence-corrected chi connectivity index (χ0v) is 12.2. The number of carbonyl (C=O) groups is 3. The molecular weight excluding hydrogens is 288 g/mol. The molecule has 0 aromatic heterocycles. The van der Waals surface area contributed by atoms with Gasteiger partial charge in [0.1, 0.15) is 5.75 Å². The van der Waals surface area contributed by atoms with Gasteiger partial charge in [0.05, 0.1) is 19.1 Å². The number of methoxy groups -OCH3 is 1. The lowest BCUT2D eigenvalue weighted by Crippen LogP contribution is -2.40. The molecule has 1 aliphatic rings. The first-order chi connectivity index (χ1) is 10.5. The van der Waals surface area contributed by atoms with Gasteiger partial charge >= 0.3 is 5.97 Å². The number of amides is 2. The maximum atomic E-state index is 11.9. The molecule has 2 amide bonds. The summed E-state index contributed by atoms with van der Waals surface area (Å²) < 4.78 is 5.02. The van der Waals surface area contributed by atoms with Crippen LogP contribution in [0.3, 0.4) is 0 Å². The highest BCUT2D eigenvalue weighted by molar-refractivity contribution is 5.96. The van der Waals surface area contributed by atoms with E-state index in [0.717, 1.165) is 0 Å². The van der Waals surface area contributed by atoms with Gasteiger partial charge in [-0.05, 0) is 31.0 Å². The molecule has 0 unspecified atom stereocenters. The van der Waals surface area contributed by atoms with Gasteiger partial charge in [0.2, 0.25) is 5.91 Å². The number of benzene rings is 1. The van der Waals surface area contributed by atoms with E-state index < -0.39 is 23.2 Å². The fourth-order valence-electron chi connectivity index (χ4n) is 1.97. The van der Waals surface area contributed by atoms with E-state index in [2.05, 4.69) is 10.6 Å². The molecule has 0 saturated heterocycles. The summed E-state index contributed by atoms with van der Waals surface area (Å²) in [4.78, 5) is 34.5. The molecule has 118 valence electrons. The van der Waals surface area contributed by atoms with Gasteiger partial charge in [-0.2, -0.15) is 0 Å². The summed E-state index contributed by atoms with van der Waals surface area (Å²) in [5.41, 5.74) is -0.428. The minimum absolute atomic E-state index is 0.0934. The zero-order chi connectivity index (χ0) is 16.2. The van der Waals surface area contributed by atoms with Gasteiger partial charge in [0.25, 0.3) is 5.91 Å². The summed E-state index contributed by atoms with van der Waals surface area (Å²) in [6.07, 6.45) is 1.14. The first-order valence-electron chi connectivity index (χ1n) is 6.89. The van der Waals surface area contributed by atoms with E-state index in [1.807, 2.05) is 0 Å². The predicted octanol–water partition coefficient (Wildman–Crippen LogP) is 0.406. The molecule has 7 nitrogen and oxygen atoms in total. The molecule has 1 aliphatic carbocycles. The Kier molecular flexibility index (Phi) is 4.65. The number of rotatable bonds is 7. The minimum atomic E-state index is -0.895. The lowest BCUT2D eigenvalue weighted by atomic mass is 10.1. The van der Waals surface area contributed by atoms with Crippen LogP contribution in [-0.4, -0.2) is 43.1 Å². The largest absolute Gasteiger partial charge is 0.497 e. The summed E-state index contributed by atoms with van der Waals surface area (Å²) in [5.74, 6) is -1.15. The highest BCUT2D eigenvalue weighted by atomic mass is 16.5. The van der Waals surface area contributed by atoms with Crippen molar-refractivity contribution in [1.82, 2.24) is 10.6 Å². The van der Waals surface area contributed by atoms with Crippen molar-refractivity contribution in [3.8, 4) is 5.75 Å². The second-order valence-corrected chi connectivity index (χ2v) is 5.28. The molecule has 0 spiro atoms. The van der Waals surface area contributed by atoms with E-state index in [1.165, 1.54) is 7.11 Å². The van der Waals surface area contributed by atoms with Crippen molar-refractivity contribution >= 4 is 17.8 Å². The number of hydrogen-bond donors (Lipinski definition) is 3. The monoisotopic (exact) mass is 306 g/mol. The van der Waals surface area contributed by atoms with E-state index in [9.17, 15) is 14.4 Å². The normalized spacial score (nSPS) is 14.8. The van der Waals surface area contributed by atoms with Crippen molar-refractivity contribution in [3.63, 3.8) is 0 Å². The molecule has 0 heterocycles. The number of nitrogens with one attached hydrogen (secondary N) is 2. The highest BCUT2D eigenvalue weighted by Crippen LogP contribution is 2.45. The standard InChI is InChI=1S/C15H18N2O5/c1-22-11-4-2-3-10(7-11)13(19)16-8-12(18)17-9-15(5-6-15)14(20)21/h2-4,7H,5-6,8-9H2,1H3,(H,16,19)(H,17,18)(H,20,21). The van der Waals surface area contributed by atoms with Gasteiger partial charge in [-0.1, -0.05) is 6.07 Å². The van der Waals surface area contributed by atoms with Crippen LogP contribution in [0.4, 0.5) is 0 Å². The number of aliphatic carboxylic acids is 1. The molecule has 2 rings (SSSR count). The van der Waals surface area contributed by atoms with Crippen LogP contribution in [-0.2, 0) is 9.59 Å². The van der Waals surface area contributed by atoms with Crippen molar-refractivity contribution in [3.05, 3.63) is 29.8 Å². The van der Waals surface area contributed by atoms with E-state index in [1.54, 1.807) is 24.3 Å². The van der Waals surface area contributed by atoms with Crippen LogP contribution in [0.1, 0.15) is 23.2 Å². The molecular formula is C15H18N2O5. The second-order valence-electron chi connectivity index (χ2n) is 5.28. The molecule has 0 atom stereocenters. The minimum Gasteiger partial charge on any atom is -0.497 e. The van der Waals surface area contributed by atoms with Crippen molar-refractivity contribution in [2.75, 3.05) is 20.2 Å². The summed E-state index contributed by atoms with van der Waals surface area (Å²) in [7, 11) is 1.50. The van der Waals surface area contributed by atoms with Gasteiger partial charge in [0, 0.05) is 12.1 Å². The van der Waals surface area contributed by atoms with E-state index >= 15 is 0 Å².